The predicted molar refractivity (Wildman–Crippen MR) is 51.4 cm³/mol. The molecule has 2 aromatic heterocycles. The molecular weight excluding hydrogens is 194 g/mol. The van der Waals surface area contributed by atoms with Gasteiger partial charge in [-0.05, 0) is 12.2 Å². The summed E-state index contributed by atoms with van der Waals surface area (Å²) < 4.78 is 0.428. The van der Waals surface area contributed by atoms with E-state index in [4.69, 9.17) is 12.2 Å². The second-order valence-electron chi connectivity index (χ2n) is 2.35. The Morgan fingerprint density at radius 1 is 1.33 bits per heavy atom. The van der Waals surface area contributed by atoms with Crippen LogP contribution in [0.15, 0.2) is 15.9 Å². The van der Waals surface area contributed by atoms with Crippen molar-refractivity contribution in [2.75, 3.05) is 0 Å². The molecule has 0 amide bonds. The summed E-state index contributed by atoms with van der Waals surface area (Å²) in [6.07, 6.45) is 0. The second-order valence-corrected chi connectivity index (χ2v) is 3.24. The first-order valence-corrected chi connectivity index (χ1v) is 4.06. The third kappa shape index (κ3) is 1.09. The average Bonchev–Trinajstić information content (AvgIpc) is 2.29. The molecule has 0 saturated carbocycles. The highest BCUT2D eigenvalue weighted by atomic mass is 32.1. The predicted octanol–water partition coefficient (Wildman–Crippen LogP) is 1.20. The third-order valence-corrected chi connectivity index (χ3v) is 1.94. The van der Waals surface area contributed by atoms with Gasteiger partial charge in [-0.15, -0.1) is 12.6 Å². The van der Waals surface area contributed by atoms with E-state index in [1.807, 2.05) is 0 Å². The van der Waals surface area contributed by atoms with Gasteiger partial charge < -0.3 is 15.0 Å². The van der Waals surface area contributed by atoms with E-state index < -0.39 is 0 Å². The van der Waals surface area contributed by atoms with Crippen LogP contribution in [0.4, 0.5) is 0 Å². The fourth-order valence-corrected chi connectivity index (χ4v) is 1.46. The van der Waals surface area contributed by atoms with Gasteiger partial charge in [0.2, 0.25) is 5.43 Å². The Morgan fingerprint density at radius 3 is 2.83 bits per heavy atom. The minimum atomic E-state index is -0.124. The first-order chi connectivity index (χ1) is 5.66. The zero-order chi connectivity index (χ0) is 8.72. The Bertz CT molecular complexity index is 535. The van der Waals surface area contributed by atoms with Crippen molar-refractivity contribution < 1.29 is 0 Å². The molecule has 6 heteroatoms. The summed E-state index contributed by atoms with van der Waals surface area (Å²) in [5, 5.41) is 0.512. The summed E-state index contributed by atoms with van der Waals surface area (Å²) in [5.41, 5.74) is 0.913. The Hall–Kier alpha value is -1.01. The summed E-state index contributed by atoms with van der Waals surface area (Å²) in [4.78, 5) is 19.6. The van der Waals surface area contributed by atoms with Gasteiger partial charge in [0.05, 0.1) is 5.03 Å². The van der Waals surface area contributed by atoms with Crippen LogP contribution in [0.25, 0.3) is 11.2 Å². The first-order valence-electron chi connectivity index (χ1n) is 3.21. The Kier molecular flexibility index (Phi) is 1.59. The number of imidazole rings is 1. The van der Waals surface area contributed by atoms with Crippen LogP contribution in [0.3, 0.4) is 0 Å². The molecule has 0 radical (unpaired) electrons. The van der Waals surface area contributed by atoms with Gasteiger partial charge in [0.15, 0.2) is 4.77 Å². The van der Waals surface area contributed by atoms with E-state index in [0.29, 0.717) is 21.0 Å². The normalized spacial score (nSPS) is 10.8. The Morgan fingerprint density at radius 2 is 2.08 bits per heavy atom. The molecule has 4 nitrogen and oxygen atoms in total. The number of pyridine rings is 1. The molecule has 2 heterocycles. The quantitative estimate of drug-likeness (QED) is 0.380. The summed E-state index contributed by atoms with van der Waals surface area (Å²) in [6, 6.07) is 1.39. The van der Waals surface area contributed by atoms with Gasteiger partial charge in [0, 0.05) is 6.07 Å². The van der Waals surface area contributed by atoms with Crippen molar-refractivity contribution in [1.29, 1.82) is 0 Å². The molecule has 0 aromatic carbocycles. The molecule has 0 bridgehead atoms. The van der Waals surface area contributed by atoms with E-state index in [2.05, 4.69) is 27.6 Å². The van der Waals surface area contributed by atoms with E-state index in [9.17, 15) is 4.79 Å². The van der Waals surface area contributed by atoms with Gasteiger partial charge >= 0.3 is 0 Å². The first kappa shape index (κ1) is 7.63. The van der Waals surface area contributed by atoms with Gasteiger partial charge in [-0.25, -0.2) is 0 Å². The summed E-state index contributed by atoms with van der Waals surface area (Å²) in [6.45, 7) is 0. The molecule has 0 aliphatic rings. The minimum absolute atomic E-state index is 0.124. The number of aromatic amines is 3. The monoisotopic (exact) mass is 199 g/mol. The number of thiol groups is 1. The lowest BCUT2D eigenvalue weighted by atomic mass is 10.4. The lowest BCUT2D eigenvalue weighted by Crippen LogP contribution is -2.00. The molecule has 0 atom stereocenters. The fourth-order valence-electron chi connectivity index (χ4n) is 1.02. The molecule has 12 heavy (non-hydrogen) atoms. The van der Waals surface area contributed by atoms with Crippen molar-refractivity contribution in [2.45, 2.75) is 5.03 Å². The van der Waals surface area contributed by atoms with E-state index in [0.717, 1.165) is 0 Å². The summed E-state index contributed by atoms with van der Waals surface area (Å²) in [7, 11) is 0. The largest absolute Gasteiger partial charge is 0.335 e. The average molecular weight is 199 g/mol. The Balaban J connectivity index is 3.08. The fraction of sp³-hybridized carbons (Fsp3) is 0. The summed E-state index contributed by atoms with van der Waals surface area (Å²) in [5.74, 6) is 0. The topological polar surface area (TPSA) is 64.4 Å². The number of aromatic nitrogens is 3. The molecule has 62 valence electrons. The lowest BCUT2D eigenvalue weighted by molar-refractivity contribution is 1.16. The number of hydrogen-bond acceptors (Lipinski definition) is 3. The highest BCUT2D eigenvalue weighted by Crippen LogP contribution is 2.04. The van der Waals surface area contributed by atoms with Crippen molar-refractivity contribution in [1.82, 2.24) is 15.0 Å². The number of hydrogen-bond donors (Lipinski definition) is 4. The number of fused-ring (bicyclic) bond motifs is 1. The van der Waals surface area contributed by atoms with Crippen LogP contribution in [0.5, 0.6) is 0 Å². The maximum absolute atomic E-state index is 11.2. The Labute approximate surface area is 77.4 Å². The van der Waals surface area contributed by atoms with Crippen LogP contribution in [-0.2, 0) is 0 Å². The van der Waals surface area contributed by atoms with Gasteiger partial charge in [0.25, 0.3) is 0 Å². The smallest absolute Gasteiger partial charge is 0.208 e. The van der Waals surface area contributed by atoms with Crippen molar-refractivity contribution in [2.24, 2.45) is 0 Å². The molecule has 2 rings (SSSR count). The standard InChI is InChI=1S/C6H5N3OS2/c10-2-1-3(11)7-5-4(2)8-6(12)9-5/h1H,(H4,7,8,9,10,11,12). The van der Waals surface area contributed by atoms with Gasteiger partial charge in [0.1, 0.15) is 11.2 Å². The maximum Gasteiger partial charge on any atom is 0.208 e. The molecule has 0 aliphatic heterocycles. The molecule has 0 spiro atoms. The van der Waals surface area contributed by atoms with Gasteiger partial charge in [-0.3, -0.25) is 4.79 Å². The van der Waals surface area contributed by atoms with Crippen LogP contribution in [0.2, 0.25) is 0 Å². The lowest BCUT2D eigenvalue weighted by Gasteiger charge is -1.90. The van der Waals surface area contributed by atoms with Crippen LogP contribution in [0, 0.1) is 4.77 Å². The van der Waals surface area contributed by atoms with Crippen molar-refractivity contribution in [3.63, 3.8) is 0 Å². The zero-order valence-corrected chi connectivity index (χ0v) is 7.55. The minimum Gasteiger partial charge on any atom is -0.335 e. The van der Waals surface area contributed by atoms with Crippen molar-refractivity contribution >= 4 is 36.0 Å². The van der Waals surface area contributed by atoms with E-state index in [1.54, 1.807) is 0 Å². The van der Waals surface area contributed by atoms with E-state index in [1.165, 1.54) is 6.07 Å². The molecule has 3 N–H and O–H groups in total. The molecule has 0 unspecified atom stereocenters. The van der Waals surface area contributed by atoms with Gasteiger partial charge in [-0.2, -0.15) is 0 Å². The molecule has 0 saturated heterocycles. The number of H-pyrrole nitrogens is 3. The molecule has 0 fully saturated rings. The van der Waals surface area contributed by atoms with E-state index in [-0.39, 0.29) is 5.43 Å². The second kappa shape index (κ2) is 2.49. The van der Waals surface area contributed by atoms with Crippen LogP contribution in [-0.4, -0.2) is 15.0 Å². The van der Waals surface area contributed by atoms with Crippen molar-refractivity contribution in [3.05, 3.63) is 21.1 Å². The molecular formula is C6H5N3OS2. The SMILES string of the molecule is O=c1cc(S)[nH]c2[nH]c(=S)[nH]c12. The number of rotatable bonds is 0. The van der Waals surface area contributed by atoms with E-state index >= 15 is 0 Å². The highest BCUT2D eigenvalue weighted by Gasteiger charge is 2.00. The third-order valence-electron chi connectivity index (χ3n) is 1.49. The van der Waals surface area contributed by atoms with Crippen molar-refractivity contribution in [3.8, 4) is 0 Å². The maximum atomic E-state index is 11.2. The zero-order valence-electron chi connectivity index (χ0n) is 5.84. The van der Waals surface area contributed by atoms with Crippen LogP contribution < -0.4 is 5.43 Å². The molecule has 0 aliphatic carbocycles. The number of nitrogens with one attached hydrogen (secondary N) is 3. The summed E-state index contributed by atoms with van der Waals surface area (Å²) >= 11 is 8.84. The van der Waals surface area contributed by atoms with Gasteiger partial charge in [-0.1, -0.05) is 0 Å². The van der Waals surface area contributed by atoms with Crippen LogP contribution >= 0.6 is 24.8 Å². The highest BCUT2D eigenvalue weighted by molar-refractivity contribution is 7.80. The van der Waals surface area contributed by atoms with Crippen LogP contribution in [0.1, 0.15) is 0 Å². The molecule has 2 aromatic rings.